The van der Waals surface area contributed by atoms with Crippen LogP contribution in [0.3, 0.4) is 0 Å². The van der Waals surface area contributed by atoms with Crippen molar-refractivity contribution in [3.05, 3.63) is 48.0 Å². The molecule has 0 aromatic heterocycles. The van der Waals surface area contributed by atoms with E-state index < -0.39 is 13.2 Å². The molecule has 0 aliphatic rings. The Morgan fingerprint density at radius 3 is 2.50 bits per heavy atom. The first kappa shape index (κ1) is 11.3. The number of rotatable bonds is 2. The molecule has 3 nitrogen and oxygen atoms in total. The molecule has 84 valence electrons. The largest absolute Gasteiger partial charge is 0.343 e. The zero-order valence-electron chi connectivity index (χ0n) is 9.00. The van der Waals surface area contributed by atoms with E-state index in [9.17, 15) is 9.46 Å². The van der Waals surface area contributed by atoms with E-state index in [0.717, 1.165) is 16.3 Å². The van der Waals surface area contributed by atoms with Gasteiger partial charge in [-0.2, -0.15) is 0 Å². The summed E-state index contributed by atoms with van der Waals surface area (Å²) in [5.74, 6) is -0.821. The average Bonchev–Trinajstić information content (AvgIpc) is 2.26. The lowest BCUT2D eigenvalue weighted by Crippen LogP contribution is -2.10. The Morgan fingerprint density at radius 2 is 1.81 bits per heavy atom. The van der Waals surface area contributed by atoms with Crippen LogP contribution in [-0.2, 0) is 4.57 Å². The highest BCUT2D eigenvalue weighted by Crippen LogP contribution is 2.49. The van der Waals surface area contributed by atoms with Crippen molar-refractivity contribution in [3.8, 4) is 0 Å². The normalized spacial score (nSPS) is 16.9. The first-order valence-corrected chi connectivity index (χ1v) is 7.21. The maximum absolute atomic E-state index is 11.6. The highest BCUT2D eigenvalue weighted by Gasteiger charge is 2.24. The minimum atomic E-state index is -3.31. The number of nitrogens with two attached hydrogens (primary N) is 1. The summed E-state index contributed by atoms with van der Waals surface area (Å²) in [6, 6.07) is 13.3. The standard InChI is InChI=1S/C12H14NO2P/c1-16(14,15)12(13)11-8-4-6-9-5-2-3-7-10(9)11/h2-8,12H,13H2,1H3,(H,14,15). The van der Waals surface area contributed by atoms with E-state index in [2.05, 4.69) is 0 Å². The Labute approximate surface area is 94.4 Å². The van der Waals surface area contributed by atoms with Crippen LogP contribution in [0.5, 0.6) is 0 Å². The van der Waals surface area contributed by atoms with Crippen LogP contribution in [-0.4, -0.2) is 11.6 Å². The van der Waals surface area contributed by atoms with Gasteiger partial charge in [0.2, 0.25) is 7.37 Å². The Hall–Kier alpha value is -1.15. The summed E-state index contributed by atoms with van der Waals surface area (Å²) >= 11 is 0. The number of hydrogen-bond acceptors (Lipinski definition) is 2. The van der Waals surface area contributed by atoms with Crippen LogP contribution in [0.25, 0.3) is 10.8 Å². The lowest BCUT2D eigenvalue weighted by Gasteiger charge is -2.17. The van der Waals surface area contributed by atoms with E-state index in [0.29, 0.717) is 0 Å². The van der Waals surface area contributed by atoms with E-state index in [1.165, 1.54) is 6.66 Å². The number of fused-ring (bicyclic) bond motifs is 1. The Kier molecular flexibility index (Phi) is 2.85. The number of hydrogen-bond donors (Lipinski definition) is 2. The molecular weight excluding hydrogens is 221 g/mol. The molecule has 0 fully saturated rings. The van der Waals surface area contributed by atoms with E-state index >= 15 is 0 Å². The lowest BCUT2D eigenvalue weighted by molar-refractivity contribution is 0.472. The zero-order chi connectivity index (χ0) is 11.8. The SMILES string of the molecule is CP(=O)(O)C(N)c1cccc2ccccc12. The summed E-state index contributed by atoms with van der Waals surface area (Å²) in [5.41, 5.74) is 6.55. The molecule has 2 aromatic carbocycles. The average molecular weight is 235 g/mol. The first-order valence-electron chi connectivity index (χ1n) is 5.03. The van der Waals surface area contributed by atoms with Crippen molar-refractivity contribution >= 4 is 18.1 Å². The van der Waals surface area contributed by atoms with Crippen molar-refractivity contribution in [2.75, 3.05) is 6.66 Å². The molecule has 2 rings (SSSR count). The van der Waals surface area contributed by atoms with Crippen molar-refractivity contribution in [1.82, 2.24) is 0 Å². The smallest absolute Gasteiger partial charge is 0.218 e. The molecule has 16 heavy (non-hydrogen) atoms. The van der Waals surface area contributed by atoms with Gasteiger partial charge in [-0.3, -0.25) is 4.57 Å². The van der Waals surface area contributed by atoms with Crippen molar-refractivity contribution in [3.63, 3.8) is 0 Å². The Bertz CT molecular complexity index is 556. The molecule has 0 bridgehead atoms. The predicted octanol–water partition coefficient (Wildman–Crippen LogP) is 2.70. The molecule has 2 unspecified atom stereocenters. The van der Waals surface area contributed by atoms with Crippen LogP contribution in [0.15, 0.2) is 42.5 Å². The molecular formula is C12H14NO2P. The van der Waals surface area contributed by atoms with E-state index in [4.69, 9.17) is 5.73 Å². The van der Waals surface area contributed by atoms with Crippen LogP contribution < -0.4 is 5.73 Å². The minimum absolute atomic E-state index is 0.728. The van der Waals surface area contributed by atoms with Crippen LogP contribution in [0, 0.1) is 0 Å². The van der Waals surface area contributed by atoms with Crippen molar-refractivity contribution in [2.24, 2.45) is 5.73 Å². The Morgan fingerprint density at radius 1 is 1.19 bits per heavy atom. The third-order valence-corrected chi connectivity index (χ3v) is 3.97. The quantitative estimate of drug-likeness (QED) is 0.786. The predicted molar refractivity (Wildman–Crippen MR) is 66.6 cm³/mol. The highest BCUT2D eigenvalue weighted by atomic mass is 31.2. The molecule has 3 N–H and O–H groups in total. The van der Waals surface area contributed by atoms with E-state index in [-0.39, 0.29) is 0 Å². The molecule has 0 aliphatic heterocycles. The van der Waals surface area contributed by atoms with Gasteiger partial charge in [0.25, 0.3) is 0 Å². The second-order valence-corrected chi connectivity index (χ2v) is 6.40. The fourth-order valence-electron chi connectivity index (χ4n) is 1.77. The Balaban J connectivity index is 2.65. The fourth-order valence-corrected chi connectivity index (χ4v) is 2.51. The number of benzene rings is 2. The monoisotopic (exact) mass is 235 g/mol. The highest BCUT2D eigenvalue weighted by molar-refractivity contribution is 7.57. The van der Waals surface area contributed by atoms with Crippen molar-refractivity contribution in [1.29, 1.82) is 0 Å². The molecule has 0 saturated heterocycles. The van der Waals surface area contributed by atoms with Crippen LogP contribution in [0.2, 0.25) is 0 Å². The summed E-state index contributed by atoms with van der Waals surface area (Å²) in [6.07, 6.45) is 0. The molecule has 0 heterocycles. The molecule has 0 amide bonds. The van der Waals surface area contributed by atoms with E-state index in [1.807, 2.05) is 36.4 Å². The lowest BCUT2D eigenvalue weighted by atomic mass is 10.0. The topological polar surface area (TPSA) is 63.3 Å². The maximum atomic E-state index is 11.6. The maximum Gasteiger partial charge on any atom is 0.218 e. The van der Waals surface area contributed by atoms with Gasteiger partial charge >= 0.3 is 0 Å². The van der Waals surface area contributed by atoms with Gasteiger partial charge in [0, 0.05) is 6.66 Å². The molecule has 0 saturated carbocycles. The zero-order valence-corrected chi connectivity index (χ0v) is 9.89. The van der Waals surface area contributed by atoms with Crippen LogP contribution in [0.1, 0.15) is 11.3 Å². The summed E-state index contributed by atoms with van der Waals surface area (Å²) in [6.45, 7) is 1.29. The van der Waals surface area contributed by atoms with E-state index in [1.54, 1.807) is 6.07 Å². The molecule has 2 atom stereocenters. The summed E-state index contributed by atoms with van der Waals surface area (Å²) in [7, 11) is -3.31. The molecule has 0 radical (unpaired) electrons. The molecule has 2 aromatic rings. The summed E-state index contributed by atoms with van der Waals surface area (Å²) in [5, 5.41) is 1.97. The van der Waals surface area contributed by atoms with Crippen LogP contribution >= 0.6 is 7.37 Å². The van der Waals surface area contributed by atoms with Crippen molar-refractivity contribution in [2.45, 2.75) is 5.78 Å². The third-order valence-electron chi connectivity index (χ3n) is 2.66. The molecule has 4 heteroatoms. The third kappa shape index (κ3) is 2.03. The van der Waals surface area contributed by atoms with Gasteiger partial charge in [-0.25, -0.2) is 0 Å². The van der Waals surface area contributed by atoms with Gasteiger partial charge in [0.05, 0.1) is 0 Å². The second kappa shape index (κ2) is 4.02. The first-order chi connectivity index (χ1) is 7.50. The fraction of sp³-hybridized carbons (Fsp3) is 0.167. The van der Waals surface area contributed by atoms with Gasteiger partial charge in [-0.15, -0.1) is 0 Å². The van der Waals surface area contributed by atoms with Gasteiger partial charge in [-0.05, 0) is 16.3 Å². The summed E-state index contributed by atoms with van der Waals surface area (Å²) < 4.78 is 11.6. The van der Waals surface area contributed by atoms with Gasteiger partial charge < -0.3 is 10.6 Å². The van der Waals surface area contributed by atoms with Crippen molar-refractivity contribution < 1.29 is 9.46 Å². The molecule has 0 aliphatic carbocycles. The minimum Gasteiger partial charge on any atom is -0.343 e. The molecule has 0 spiro atoms. The summed E-state index contributed by atoms with van der Waals surface area (Å²) in [4.78, 5) is 9.53. The van der Waals surface area contributed by atoms with Crippen LogP contribution in [0.4, 0.5) is 0 Å². The van der Waals surface area contributed by atoms with Gasteiger partial charge in [0.1, 0.15) is 5.78 Å². The van der Waals surface area contributed by atoms with Gasteiger partial charge in [-0.1, -0.05) is 42.5 Å². The van der Waals surface area contributed by atoms with Gasteiger partial charge in [0.15, 0.2) is 0 Å². The second-order valence-electron chi connectivity index (χ2n) is 3.96.